The first-order chi connectivity index (χ1) is 10.5. The summed E-state index contributed by atoms with van der Waals surface area (Å²) in [6.07, 6.45) is 7.97. The Labute approximate surface area is 133 Å². The molecule has 1 heterocycles. The van der Waals surface area contributed by atoms with Gasteiger partial charge in [0.1, 0.15) is 6.04 Å². The van der Waals surface area contributed by atoms with E-state index in [0.29, 0.717) is 12.0 Å². The first kappa shape index (κ1) is 17.3. The third-order valence-corrected chi connectivity index (χ3v) is 5.52. The van der Waals surface area contributed by atoms with Crippen molar-refractivity contribution in [3.63, 3.8) is 0 Å². The summed E-state index contributed by atoms with van der Waals surface area (Å²) in [5, 5.41) is 12.3. The first-order valence-corrected chi connectivity index (χ1v) is 8.80. The van der Waals surface area contributed by atoms with E-state index in [1.54, 1.807) is 0 Å². The quantitative estimate of drug-likeness (QED) is 0.789. The largest absolute Gasteiger partial charge is 0.480 e. The van der Waals surface area contributed by atoms with Crippen molar-refractivity contribution < 1.29 is 14.7 Å². The van der Waals surface area contributed by atoms with Crippen LogP contribution in [0.3, 0.4) is 0 Å². The maximum absolute atomic E-state index is 12.6. The Morgan fingerprint density at radius 2 is 1.91 bits per heavy atom. The highest BCUT2D eigenvalue weighted by Gasteiger charge is 2.35. The number of nitrogens with one attached hydrogen (secondary N) is 1. The molecule has 5 nitrogen and oxygen atoms in total. The van der Waals surface area contributed by atoms with Crippen LogP contribution in [0.4, 0.5) is 0 Å². The maximum Gasteiger partial charge on any atom is 0.320 e. The van der Waals surface area contributed by atoms with E-state index in [1.807, 2.05) is 18.7 Å². The van der Waals surface area contributed by atoms with E-state index in [0.717, 1.165) is 25.8 Å². The number of fused-ring (bicyclic) bond motifs is 1. The zero-order valence-electron chi connectivity index (χ0n) is 13.9. The fourth-order valence-corrected chi connectivity index (χ4v) is 4.00. The van der Waals surface area contributed by atoms with Gasteiger partial charge in [-0.25, -0.2) is 0 Å². The lowest BCUT2D eigenvalue weighted by Gasteiger charge is -2.44. The third kappa shape index (κ3) is 4.00. The van der Waals surface area contributed by atoms with Crippen LogP contribution in [0.5, 0.6) is 0 Å². The standard InChI is InChI=1S/C17H30N2O3/c1-3-12(2)16(17(21)22)18-11-15(20)19-10-6-8-13-7-4-5-9-14(13)19/h12-14,16,18H,3-11H2,1-2H3,(H,21,22)/t12-,13?,14?,16-/m0/s1. The van der Waals surface area contributed by atoms with Gasteiger partial charge >= 0.3 is 5.97 Å². The number of nitrogens with zero attached hydrogens (tertiary/aromatic N) is 1. The van der Waals surface area contributed by atoms with Gasteiger partial charge in [-0.1, -0.05) is 33.1 Å². The molecule has 126 valence electrons. The van der Waals surface area contributed by atoms with E-state index >= 15 is 0 Å². The molecular formula is C17H30N2O3. The lowest BCUT2D eigenvalue weighted by molar-refractivity contribution is -0.141. The summed E-state index contributed by atoms with van der Waals surface area (Å²) in [5.41, 5.74) is 0. The number of carboxylic acid groups (broad SMARTS) is 1. The van der Waals surface area contributed by atoms with E-state index in [1.165, 1.54) is 25.7 Å². The molecule has 1 aliphatic carbocycles. The summed E-state index contributed by atoms with van der Waals surface area (Å²) >= 11 is 0. The molecule has 2 N–H and O–H groups in total. The van der Waals surface area contributed by atoms with Crippen molar-refractivity contribution in [1.82, 2.24) is 10.2 Å². The van der Waals surface area contributed by atoms with Crippen LogP contribution in [-0.4, -0.2) is 47.1 Å². The van der Waals surface area contributed by atoms with Gasteiger partial charge in [0.05, 0.1) is 6.54 Å². The van der Waals surface area contributed by atoms with Gasteiger partial charge in [-0.3, -0.25) is 14.9 Å². The van der Waals surface area contributed by atoms with Crippen LogP contribution < -0.4 is 5.32 Å². The van der Waals surface area contributed by atoms with Crippen LogP contribution in [0.15, 0.2) is 0 Å². The molecule has 1 saturated heterocycles. The lowest BCUT2D eigenvalue weighted by atomic mass is 9.78. The van der Waals surface area contributed by atoms with Crippen LogP contribution in [0, 0.1) is 11.8 Å². The summed E-state index contributed by atoms with van der Waals surface area (Å²) < 4.78 is 0. The number of piperidine rings is 1. The second-order valence-electron chi connectivity index (χ2n) is 6.92. The zero-order valence-corrected chi connectivity index (χ0v) is 13.9. The molecule has 1 aliphatic heterocycles. The van der Waals surface area contributed by atoms with Crippen LogP contribution in [0.2, 0.25) is 0 Å². The topological polar surface area (TPSA) is 69.6 Å². The Kier molecular flexibility index (Phi) is 6.24. The van der Waals surface area contributed by atoms with Crippen molar-refractivity contribution in [2.24, 2.45) is 11.8 Å². The molecular weight excluding hydrogens is 280 g/mol. The molecule has 0 radical (unpaired) electrons. The highest BCUT2D eigenvalue weighted by Crippen LogP contribution is 2.35. The second kappa shape index (κ2) is 7.95. The molecule has 1 saturated carbocycles. The fourth-order valence-electron chi connectivity index (χ4n) is 4.00. The van der Waals surface area contributed by atoms with Crippen LogP contribution in [-0.2, 0) is 9.59 Å². The van der Waals surface area contributed by atoms with E-state index in [-0.39, 0.29) is 18.4 Å². The Bertz CT molecular complexity index is 397. The van der Waals surface area contributed by atoms with Gasteiger partial charge in [0.15, 0.2) is 0 Å². The van der Waals surface area contributed by atoms with Gasteiger partial charge in [-0.2, -0.15) is 0 Å². The van der Waals surface area contributed by atoms with Gasteiger partial charge in [-0.05, 0) is 37.5 Å². The Morgan fingerprint density at radius 3 is 2.59 bits per heavy atom. The van der Waals surface area contributed by atoms with E-state index < -0.39 is 12.0 Å². The monoisotopic (exact) mass is 310 g/mol. The molecule has 2 fully saturated rings. The number of amides is 1. The van der Waals surface area contributed by atoms with Crippen molar-refractivity contribution in [3.05, 3.63) is 0 Å². The maximum atomic E-state index is 12.6. The molecule has 1 amide bonds. The molecule has 0 spiro atoms. The minimum absolute atomic E-state index is 0.0223. The first-order valence-electron chi connectivity index (χ1n) is 8.80. The molecule has 2 unspecified atom stereocenters. The average Bonchev–Trinajstić information content (AvgIpc) is 2.53. The number of rotatable bonds is 6. The average molecular weight is 310 g/mol. The molecule has 0 bridgehead atoms. The number of carboxylic acids is 1. The van der Waals surface area contributed by atoms with Crippen LogP contribution >= 0.6 is 0 Å². The van der Waals surface area contributed by atoms with E-state index in [2.05, 4.69) is 5.32 Å². The Morgan fingerprint density at radius 1 is 1.23 bits per heavy atom. The van der Waals surface area contributed by atoms with Gasteiger partial charge in [0, 0.05) is 12.6 Å². The smallest absolute Gasteiger partial charge is 0.320 e. The molecule has 2 rings (SSSR count). The summed E-state index contributed by atoms with van der Waals surface area (Å²) in [6, 6.07) is -0.246. The zero-order chi connectivity index (χ0) is 16.1. The molecule has 0 aromatic rings. The van der Waals surface area contributed by atoms with Crippen molar-refractivity contribution in [2.45, 2.75) is 70.9 Å². The normalized spacial score (nSPS) is 27.8. The predicted molar refractivity (Wildman–Crippen MR) is 85.6 cm³/mol. The van der Waals surface area contributed by atoms with E-state index in [9.17, 15) is 14.7 Å². The summed E-state index contributed by atoms with van der Waals surface area (Å²) in [7, 11) is 0. The number of carbonyl (C=O) groups is 2. The minimum Gasteiger partial charge on any atom is -0.480 e. The molecule has 22 heavy (non-hydrogen) atoms. The highest BCUT2D eigenvalue weighted by atomic mass is 16.4. The molecule has 2 aliphatic rings. The fraction of sp³-hybridized carbons (Fsp3) is 0.882. The van der Waals surface area contributed by atoms with Gasteiger partial charge in [-0.15, -0.1) is 0 Å². The number of carbonyl (C=O) groups excluding carboxylic acids is 1. The summed E-state index contributed by atoms with van der Waals surface area (Å²) in [6.45, 7) is 4.86. The van der Waals surface area contributed by atoms with E-state index in [4.69, 9.17) is 0 Å². The summed E-state index contributed by atoms with van der Waals surface area (Å²) in [4.78, 5) is 25.9. The number of aliphatic carboxylic acids is 1. The minimum atomic E-state index is -0.865. The van der Waals surface area contributed by atoms with Gasteiger partial charge < -0.3 is 10.0 Å². The number of hydrogen-bond acceptors (Lipinski definition) is 3. The molecule has 0 aromatic heterocycles. The van der Waals surface area contributed by atoms with Crippen LogP contribution in [0.25, 0.3) is 0 Å². The second-order valence-corrected chi connectivity index (χ2v) is 6.92. The highest BCUT2D eigenvalue weighted by molar-refractivity contribution is 5.80. The lowest BCUT2D eigenvalue weighted by Crippen LogP contribution is -2.54. The van der Waals surface area contributed by atoms with Crippen LogP contribution in [0.1, 0.15) is 58.8 Å². The van der Waals surface area contributed by atoms with Gasteiger partial charge in [0.2, 0.25) is 5.91 Å². The SMILES string of the molecule is CC[C@H](C)[C@H](NCC(=O)N1CCCC2CCCCC21)C(=O)O. The Hall–Kier alpha value is -1.10. The number of hydrogen-bond donors (Lipinski definition) is 2. The van der Waals surface area contributed by atoms with Gasteiger partial charge in [0.25, 0.3) is 0 Å². The molecule has 4 atom stereocenters. The Balaban J connectivity index is 1.91. The van der Waals surface area contributed by atoms with Crippen molar-refractivity contribution in [2.75, 3.05) is 13.1 Å². The third-order valence-electron chi connectivity index (χ3n) is 5.52. The molecule has 5 heteroatoms. The van der Waals surface area contributed by atoms with Crippen molar-refractivity contribution in [3.8, 4) is 0 Å². The van der Waals surface area contributed by atoms with Crippen molar-refractivity contribution in [1.29, 1.82) is 0 Å². The number of likely N-dealkylation sites (tertiary alicyclic amines) is 1. The summed E-state index contributed by atoms with van der Waals surface area (Å²) in [5.74, 6) is -0.104. The predicted octanol–water partition coefficient (Wildman–Crippen LogP) is 2.26. The molecule has 0 aromatic carbocycles. The van der Waals surface area contributed by atoms with Crippen molar-refractivity contribution >= 4 is 11.9 Å².